The number of nitrogens with zero attached hydrogens (tertiary/aromatic N) is 4. The third kappa shape index (κ3) is 2.70. The molecule has 20 heavy (non-hydrogen) atoms. The van der Waals surface area contributed by atoms with E-state index in [-0.39, 0.29) is 0 Å². The quantitative estimate of drug-likeness (QED) is 0.898. The summed E-state index contributed by atoms with van der Waals surface area (Å²) >= 11 is 0. The first-order valence-electron chi connectivity index (χ1n) is 7.26. The second-order valence-electron chi connectivity index (χ2n) is 6.03. The van der Waals surface area contributed by atoms with Gasteiger partial charge in [0, 0.05) is 45.3 Å². The molecular weight excluding hydrogens is 250 g/mol. The molecule has 1 saturated carbocycles. The van der Waals surface area contributed by atoms with Gasteiger partial charge in [-0.3, -0.25) is 9.88 Å². The molecule has 0 aromatic carbocycles. The predicted octanol–water partition coefficient (Wildman–Crippen LogP) is 1.48. The van der Waals surface area contributed by atoms with Gasteiger partial charge >= 0.3 is 0 Å². The largest absolute Gasteiger partial charge is 0.396 e. The number of anilines is 2. The van der Waals surface area contributed by atoms with Crippen molar-refractivity contribution in [1.29, 1.82) is 5.26 Å². The molecule has 2 N–H and O–H groups in total. The van der Waals surface area contributed by atoms with Gasteiger partial charge in [0.15, 0.2) is 0 Å². The van der Waals surface area contributed by atoms with Gasteiger partial charge < -0.3 is 10.6 Å². The van der Waals surface area contributed by atoms with Crippen LogP contribution in [0.1, 0.15) is 19.3 Å². The molecule has 5 heteroatoms. The molecule has 0 atom stereocenters. The first kappa shape index (κ1) is 13.2. The van der Waals surface area contributed by atoms with Gasteiger partial charge in [-0.2, -0.15) is 5.26 Å². The van der Waals surface area contributed by atoms with Crippen molar-refractivity contribution in [3.05, 3.63) is 18.5 Å². The molecule has 0 bridgehead atoms. The summed E-state index contributed by atoms with van der Waals surface area (Å²) in [6.45, 7) is 5.18. The van der Waals surface area contributed by atoms with Crippen LogP contribution in [0.5, 0.6) is 0 Å². The van der Waals surface area contributed by atoms with Crippen LogP contribution >= 0.6 is 0 Å². The summed E-state index contributed by atoms with van der Waals surface area (Å²) in [6, 6.07) is 4.33. The summed E-state index contributed by atoms with van der Waals surface area (Å²) in [5.74, 6) is 0. The summed E-state index contributed by atoms with van der Waals surface area (Å²) in [7, 11) is 0. The molecule has 1 aliphatic carbocycles. The molecule has 2 heterocycles. The topological polar surface area (TPSA) is 69.2 Å². The molecule has 2 fully saturated rings. The van der Waals surface area contributed by atoms with E-state index in [0.717, 1.165) is 44.1 Å². The van der Waals surface area contributed by atoms with Crippen molar-refractivity contribution >= 4 is 11.4 Å². The summed E-state index contributed by atoms with van der Waals surface area (Å²) in [5, 5.41) is 8.90. The Morgan fingerprint density at radius 3 is 2.65 bits per heavy atom. The maximum Gasteiger partial charge on any atom is 0.0738 e. The molecule has 0 amide bonds. The van der Waals surface area contributed by atoms with Gasteiger partial charge in [-0.1, -0.05) is 0 Å². The van der Waals surface area contributed by atoms with E-state index in [4.69, 9.17) is 11.0 Å². The van der Waals surface area contributed by atoms with E-state index in [1.54, 1.807) is 12.4 Å². The van der Waals surface area contributed by atoms with Crippen LogP contribution < -0.4 is 10.6 Å². The van der Waals surface area contributed by atoms with Gasteiger partial charge in [0.1, 0.15) is 0 Å². The molecule has 1 aromatic rings. The monoisotopic (exact) mass is 271 g/mol. The lowest BCUT2D eigenvalue weighted by atomic mass is 10.0. The van der Waals surface area contributed by atoms with Crippen molar-refractivity contribution in [2.45, 2.75) is 19.3 Å². The SMILES string of the molecule is N#CCC1(CN2CCN(c3ccncc3N)CC2)CC1. The molecule has 2 aliphatic rings. The molecule has 1 aromatic heterocycles. The number of pyridine rings is 1. The van der Waals surface area contributed by atoms with Crippen LogP contribution in [0.3, 0.4) is 0 Å². The standard InChI is InChI=1S/C15H21N5/c16-5-4-15(2-3-15)12-19-7-9-20(10-8-19)14-1-6-18-11-13(14)17/h1,6,11H,2-4,7-10,12,17H2. The highest BCUT2D eigenvalue weighted by Crippen LogP contribution is 2.49. The van der Waals surface area contributed by atoms with Crippen molar-refractivity contribution in [1.82, 2.24) is 9.88 Å². The molecule has 0 spiro atoms. The average Bonchev–Trinajstić information content (AvgIpc) is 3.20. The van der Waals surface area contributed by atoms with Gasteiger partial charge in [-0.25, -0.2) is 0 Å². The van der Waals surface area contributed by atoms with Crippen LogP contribution in [-0.2, 0) is 0 Å². The normalized spacial score (nSPS) is 21.4. The summed E-state index contributed by atoms with van der Waals surface area (Å²) in [4.78, 5) is 8.87. The minimum atomic E-state index is 0.312. The van der Waals surface area contributed by atoms with Crippen molar-refractivity contribution in [2.75, 3.05) is 43.4 Å². The Balaban J connectivity index is 1.55. The molecule has 5 nitrogen and oxygen atoms in total. The van der Waals surface area contributed by atoms with Crippen LogP contribution in [0.2, 0.25) is 0 Å². The fourth-order valence-corrected chi connectivity index (χ4v) is 3.04. The Morgan fingerprint density at radius 2 is 2.05 bits per heavy atom. The number of piperazine rings is 1. The highest BCUT2D eigenvalue weighted by Gasteiger charge is 2.43. The zero-order valence-corrected chi connectivity index (χ0v) is 11.8. The van der Waals surface area contributed by atoms with E-state index in [2.05, 4.69) is 20.9 Å². The zero-order valence-electron chi connectivity index (χ0n) is 11.8. The van der Waals surface area contributed by atoms with Gasteiger partial charge in [0.05, 0.1) is 23.6 Å². The highest BCUT2D eigenvalue weighted by atomic mass is 15.3. The van der Waals surface area contributed by atoms with Gasteiger partial charge in [-0.15, -0.1) is 0 Å². The van der Waals surface area contributed by atoms with Crippen molar-refractivity contribution in [2.24, 2.45) is 5.41 Å². The van der Waals surface area contributed by atoms with Crippen LogP contribution in [-0.4, -0.2) is 42.6 Å². The van der Waals surface area contributed by atoms with E-state index >= 15 is 0 Å². The molecule has 0 radical (unpaired) electrons. The molecule has 3 rings (SSSR count). The lowest BCUT2D eigenvalue weighted by Gasteiger charge is -2.37. The Kier molecular flexibility index (Phi) is 3.49. The number of nitrogens with two attached hydrogens (primary N) is 1. The fraction of sp³-hybridized carbons (Fsp3) is 0.600. The maximum atomic E-state index is 8.90. The molecule has 1 saturated heterocycles. The third-order valence-corrected chi connectivity index (χ3v) is 4.51. The second-order valence-corrected chi connectivity index (χ2v) is 6.03. The zero-order chi connectivity index (χ0) is 14.0. The first-order valence-corrected chi connectivity index (χ1v) is 7.26. The minimum absolute atomic E-state index is 0.312. The number of hydrogen-bond acceptors (Lipinski definition) is 5. The number of aromatic nitrogens is 1. The lowest BCUT2D eigenvalue weighted by molar-refractivity contribution is 0.209. The Morgan fingerprint density at radius 1 is 1.30 bits per heavy atom. The number of hydrogen-bond donors (Lipinski definition) is 1. The smallest absolute Gasteiger partial charge is 0.0738 e. The van der Waals surface area contributed by atoms with E-state index in [0.29, 0.717) is 11.8 Å². The lowest BCUT2D eigenvalue weighted by Crippen LogP contribution is -2.48. The van der Waals surface area contributed by atoms with E-state index < -0.39 is 0 Å². The first-order chi connectivity index (χ1) is 9.72. The van der Waals surface area contributed by atoms with Crippen LogP contribution in [0.4, 0.5) is 11.4 Å². The third-order valence-electron chi connectivity index (χ3n) is 4.51. The number of rotatable bonds is 4. The molecule has 106 valence electrons. The summed E-state index contributed by atoms with van der Waals surface area (Å²) in [6.07, 6.45) is 6.67. The fourth-order valence-electron chi connectivity index (χ4n) is 3.04. The predicted molar refractivity (Wildman–Crippen MR) is 79.2 cm³/mol. The Labute approximate surface area is 120 Å². The van der Waals surface area contributed by atoms with Gasteiger partial charge in [-0.05, 0) is 24.3 Å². The maximum absolute atomic E-state index is 8.90. The summed E-state index contributed by atoms with van der Waals surface area (Å²) < 4.78 is 0. The van der Waals surface area contributed by atoms with Crippen LogP contribution in [0.15, 0.2) is 18.5 Å². The summed E-state index contributed by atoms with van der Waals surface area (Å²) in [5.41, 5.74) is 8.14. The second kappa shape index (κ2) is 5.29. The van der Waals surface area contributed by atoms with Crippen LogP contribution in [0, 0.1) is 16.7 Å². The van der Waals surface area contributed by atoms with Gasteiger partial charge in [0.25, 0.3) is 0 Å². The number of nitrogen functional groups attached to an aromatic ring is 1. The minimum Gasteiger partial charge on any atom is -0.396 e. The molecular formula is C15H21N5. The van der Waals surface area contributed by atoms with Crippen molar-refractivity contribution < 1.29 is 0 Å². The number of nitriles is 1. The average molecular weight is 271 g/mol. The highest BCUT2D eigenvalue weighted by molar-refractivity contribution is 5.66. The van der Waals surface area contributed by atoms with Crippen molar-refractivity contribution in [3.63, 3.8) is 0 Å². The van der Waals surface area contributed by atoms with Crippen molar-refractivity contribution in [3.8, 4) is 6.07 Å². The Bertz CT molecular complexity index is 509. The van der Waals surface area contributed by atoms with Crippen LogP contribution in [0.25, 0.3) is 0 Å². The van der Waals surface area contributed by atoms with E-state index in [1.807, 2.05) is 6.07 Å². The molecule has 1 aliphatic heterocycles. The van der Waals surface area contributed by atoms with E-state index in [9.17, 15) is 0 Å². The van der Waals surface area contributed by atoms with E-state index in [1.165, 1.54) is 12.8 Å². The Hall–Kier alpha value is -1.80. The molecule has 0 unspecified atom stereocenters. The van der Waals surface area contributed by atoms with Gasteiger partial charge in [0.2, 0.25) is 0 Å².